The predicted molar refractivity (Wildman–Crippen MR) is 127 cm³/mol. The molecule has 3 heterocycles. The molecule has 1 N–H and O–H groups in total. The van der Waals surface area contributed by atoms with Gasteiger partial charge in [-0.1, -0.05) is 6.07 Å². The SMILES string of the molecule is COc1cnc2cccc(OCCN3CCN(C(=O)c4ccc5c(c4)NC(=O)CO5)CC3)c2c1. The number of ether oxygens (including phenoxy) is 3. The largest absolute Gasteiger partial charge is 0.495 e. The molecule has 0 unspecified atom stereocenters. The van der Waals surface area contributed by atoms with E-state index in [9.17, 15) is 9.59 Å². The number of rotatable bonds is 6. The minimum Gasteiger partial charge on any atom is -0.495 e. The summed E-state index contributed by atoms with van der Waals surface area (Å²) in [7, 11) is 1.62. The molecule has 9 heteroatoms. The summed E-state index contributed by atoms with van der Waals surface area (Å²) in [4.78, 5) is 33.1. The van der Waals surface area contributed by atoms with Gasteiger partial charge < -0.3 is 24.4 Å². The minimum atomic E-state index is -0.216. The van der Waals surface area contributed by atoms with Crippen molar-refractivity contribution in [3.05, 3.63) is 54.2 Å². The highest BCUT2D eigenvalue weighted by Crippen LogP contribution is 2.29. The Hall–Kier alpha value is -3.85. The maximum absolute atomic E-state index is 13.0. The van der Waals surface area contributed by atoms with Crippen LogP contribution in [0.5, 0.6) is 17.2 Å². The Morgan fingerprint density at radius 2 is 2.00 bits per heavy atom. The third-order valence-electron chi connectivity index (χ3n) is 6.08. The summed E-state index contributed by atoms with van der Waals surface area (Å²) in [6.45, 7) is 4.10. The maximum atomic E-state index is 13.0. The molecule has 0 saturated carbocycles. The fourth-order valence-corrected chi connectivity index (χ4v) is 4.20. The van der Waals surface area contributed by atoms with Gasteiger partial charge in [0.2, 0.25) is 0 Å². The molecule has 0 aliphatic carbocycles. The number of aromatic nitrogens is 1. The number of nitrogens with one attached hydrogen (secondary N) is 1. The number of methoxy groups -OCH3 is 1. The number of nitrogens with zero attached hydrogens (tertiary/aromatic N) is 3. The monoisotopic (exact) mass is 462 g/mol. The fraction of sp³-hybridized carbons (Fsp3) is 0.320. The maximum Gasteiger partial charge on any atom is 0.262 e. The van der Waals surface area contributed by atoms with Gasteiger partial charge in [-0.2, -0.15) is 0 Å². The molecule has 9 nitrogen and oxygen atoms in total. The average molecular weight is 463 g/mol. The van der Waals surface area contributed by atoms with Gasteiger partial charge >= 0.3 is 0 Å². The van der Waals surface area contributed by atoms with E-state index in [0.29, 0.717) is 42.4 Å². The third kappa shape index (κ3) is 4.60. The highest BCUT2D eigenvalue weighted by atomic mass is 16.5. The van der Waals surface area contributed by atoms with Gasteiger partial charge in [-0.3, -0.25) is 19.5 Å². The van der Waals surface area contributed by atoms with Gasteiger partial charge in [-0.05, 0) is 36.4 Å². The first-order chi connectivity index (χ1) is 16.6. The van der Waals surface area contributed by atoms with Gasteiger partial charge in [0.1, 0.15) is 23.9 Å². The number of benzene rings is 2. The molecule has 2 amide bonds. The average Bonchev–Trinajstić information content (AvgIpc) is 2.88. The van der Waals surface area contributed by atoms with Crippen molar-refractivity contribution in [1.29, 1.82) is 0 Å². The Morgan fingerprint density at radius 3 is 2.82 bits per heavy atom. The number of carbonyl (C=O) groups excluding carboxylic acids is 2. The first-order valence-electron chi connectivity index (χ1n) is 11.2. The first-order valence-corrected chi connectivity index (χ1v) is 11.2. The zero-order valence-electron chi connectivity index (χ0n) is 19.0. The zero-order chi connectivity index (χ0) is 23.5. The van der Waals surface area contributed by atoms with Crippen molar-refractivity contribution in [1.82, 2.24) is 14.8 Å². The van der Waals surface area contributed by atoms with Crippen LogP contribution in [0.4, 0.5) is 5.69 Å². The van der Waals surface area contributed by atoms with Crippen LogP contribution < -0.4 is 19.5 Å². The summed E-state index contributed by atoms with van der Waals surface area (Å²) in [5, 5.41) is 3.67. The van der Waals surface area contributed by atoms with Crippen molar-refractivity contribution in [2.24, 2.45) is 0 Å². The molecule has 2 aromatic carbocycles. The van der Waals surface area contributed by atoms with Crippen LogP contribution in [0.25, 0.3) is 10.9 Å². The summed E-state index contributed by atoms with van der Waals surface area (Å²) in [6, 6.07) is 12.9. The van der Waals surface area contributed by atoms with E-state index in [2.05, 4.69) is 15.2 Å². The second-order valence-electron chi connectivity index (χ2n) is 8.23. The van der Waals surface area contributed by atoms with Crippen LogP contribution in [0.2, 0.25) is 0 Å². The second-order valence-corrected chi connectivity index (χ2v) is 8.23. The van der Waals surface area contributed by atoms with Crippen molar-refractivity contribution in [3.8, 4) is 17.2 Å². The lowest BCUT2D eigenvalue weighted by Gasteiger charge is -2.34. The van der Waals surface area contributed by atoms with E-state index < -0.39 is 0 Å². The minimum absolute atomic E-state index is 0.00244. The molecule has 1 saturated heterocycles. The molecule has 2 aliphatic rings. The Bertz CT molecular complexity index is 1220. The molecule has 0 atom stereocenters. The van der Waals surface area contributed by atoms with Crippen LogP contribution in [0, 0.1) is 0 Å². The van der Waals surface area contributed by atoms with Gasteiger partial charge in [0, 0.05) is 43.7 Å². The Balaban J connectivity index is 1.14. The van der Waals surface area contributed by atoms with Crippen LogP contribution in [0.3, 0.4) is 0 Å². The zero-order valence-corrected chi connectivity index (χ0v) is 19.0. The fourth-order valence-electron chi connectivity index (χ4n) is 4.20. The first kappa shape index (κ1) is 22.0. The van der Waals surface area contributed by atoms with Crippen molar-refractivity contribution in [2.45, 2.75) is 0 Å². The van der Waals surface area contributed by atoms with E-state index in [1.54, 1.807) is 31.5 Å². The summed E-state index contributed by atoms with van der Waals surface area (Å²) in [6.07, 6.45) is 1.70. The van der Waals surface area contributed by atoms with Crippen LogP contribution in [0.15, 0.2) is 48.7 Å². The van der Waals surface area contributed by atoms with Crippen molar-refractivity contribution in [2.75, 3.05) is 58.4 Å². The summed E-state index contributed by atoms with van der Waals surface area (Å²) in [5.41, 5.74) is 1.94. The molecule has 2 aliphatic heterocycles. The smallest absolute Gasteiger partial charge is 0.262 e. The van der Waals surface area contributed by atoms with Gasteiger partial charge in [-0.15, -0.1) is 0 Å². The quantitative estimate of drug-likeness (QED) is 0.601. The Labute approximate surface area is 197 Å². The number of piperazine rings is 1. The van der Waals surface area contributed by atoms with E-state index in [-0.39, 0.29) is 18.4 Å². The summed E-state index contributed by atoms with van der Waals surface area (Å²) >= 11 is 0. The van der Waals surface area contributed by atoms with E-state index in [4.69, 9.17) is 14.2 Å². The van der Waals surface area contributed by atoms with E-state index >= 15 is 0 Å². The molecule has 0 radical (unpaired) electrons. The van der Waals surface area contributed by atoms with Gasteiger partial charge in [-0.25, -0.2) is 0 Å². The Morgan fingerprint density at radius 1 is 1.15 bits per heavy atom. The molecular formula is C25H26N4O5. The van der Waals surface area contributed by atoms with E-state index in [0.717, 1.165) is 36.3 Å². The highest BCUT2D eigenvalue weighted by Gasteiger charge is 2.24. The number of anilines is 1. The lowest BCUT2D eigenvalue weighted by Crippen LogP contribution is -2.49. The van der Waals surface area contributed by atoms with Crippen LogP contribution in [-0.4, -0.2) is 79.6 Å². The molecule has 1 aromatic heterocycles. The number of carbonyl (C=O) groups is 2. The molecule has 176 valence electrons. The number of fused-ring (bicyclic) bond motifs is 2. The lowest BCUT2D eigenvalue weighted by molar-refractivity contribution is -0.118. The third-order valence-corrected chi connectivity index (χ3v) is 6.08. The van der Waals surface area contributed by atoms with Crippen molar-refractivity contribution in [3.63, 3.8) is 0 Å². The number of hydrogen-bond acceptors (Lipinski definition) is 7. The van der Waals surface area contributed by atoms with E-state index in [1.807, 2.05) is 29.2 Å². The molecule has 3 aromatic rings. The predicted octanol–water partition coefficient (Wildman–Crippen LogP) is 2.41. The second kappa shape index (κ2) is 9.56. The molecular weight excluding hydrogens is 436 g/mol. The van der Waals surface area contributed by atoms with Gasteiger partial charge in [0.05, 0.1) is 24.5 Å². The molecule has 1 fully saturated rings. The number of pyridine rings is 1. The lowest BCUT2D eigenvalue weighted by atomic mass is 10.1. The van der Waals surface area contributed by atoms with Gasteiger partial charge in [0.25, 0.3) is 11.8 Å². The van der Waals surface area contributed by atoms with Gasteiger partial charge in [0.15, 0.2) is 6.61 Å². The van der Waals surface area contributed by atoms with Crippen LogP contribution in [0.1, 0.15) is 10.4 Å². The molecule has 5 rings (SSSR count). The van der Waals surface area contributed by atoms with Crippen molar-refractivity contribution < 1.29 is 23.8 Å². The molecule has 0 bridgehead atoms. The summed E-state index contributed by atoms with van der Waals surface area (Å²) < 4.78 is 16.7. The van der Waals surface area contributed by atoms with E-state index in [1.165, 1.54) is 0 Å². The Kier molecular flexibility index (Phi) is 6.18. The van der Waals surface area contributed by atoms with Crippen molar-refractivity contribution >= 4 is 28.4 Å². The molecule has 0 spiro atoms. The topological polar surface area (TPSA) is 93.2 Å². The standard InChI is InChI=1S/C25H26N4O5/c1-32-18-14-19-20(26-15-18)3-2-4-22(19)33-12-11-28-7-9-29(10-8-28)25(31)17-5-6-23-21(13-17)27-24(30)16-34-23/h2-6,13-15H,7-12,16H2,1H3,(H,27,30). The highest BCUT2D eigenvalue weighted by molar-refractivity contribution is 6.00. The number of amides is 2. The number of hydrogen-bond donors (Lipinski definition) is 1. The normalized spacial score (nSPS) is 15.9. The van der Waals surface area contributed by atoms with Crippen LogP contribution in [-0.2, 0) is 4.79 Å². The summed E-state index contributed by atoms with van der Waals surface area (Å²) in [5.74, 6) is 1.79. The van der Waals surface area contributed by atoms with Crippen LogP contribution >= 0.6 is 0 Å². The molecule has 34 heavy (non-hydrogen) atoms.